The topological polar surface area (TPSA) is 112 Å². The molecule has 0 radical (unpaired) electrons. The lowest BCUT2D eigenvalue weighted by molar-refractivity contribution is -0.120. The molecule has 2 atom stereocenters. The second-order valence-electron chi connectivity index (χ2n) is 9.14. The molecule has 10 heteroatoms. The number of hydrogen-bond donors (Lipinski definition) is 2. The average Bonchev–Trinajstić information content (AvgIpc) is 3.39. The van der Waals surface area contributed by atoms with Gasteiger partial charge in [-0.1, -0.05) is 42.5 Å². The van der Waals surface area contributed by atoms with Crippen molar-refractivity contribution < 1.29 is 18.9 Å². The van der Waals surface area contributed by atoms with Gasteiger partial charge >= 0.3 is 6.03 Å². The summed E-state index contributed by atoms with van der Waals surface area (Å²) in [5.74, 6) is 0.391. The maximum atomic E-state index is 13.8. The van der Waals surface area contributed by atoms with Gasteiger partial charge < -0.3 is 19.5 Å². The Balaban J connectivity index is 1.54. The van der Waals surface area contributed by atoms with Crippen LogP contribution in [0.1, 0.15) is 18.1 Å². The van der Waals surface area contributed by atoms with Crippen LogP contribution in [-0.2, 0) is 29.6 Å². The van der Waals surface area contributed by atoms with Crippen LogP contribution < -0.4 is 19.7 Å². The van der Waals surface area contributed by atoms with E-state index in [-0.39, 0.29) is 12.3 Å². The number of rotatable bonds is 10. The van der Waals surface area contributed by atoms with Gasteiger partial charge in [-0.25, -0.2) is 4.79 Å². The van der Waals surface area contributed by atoms with Crippen molar-refractivity contribution in [2.75, 3.05) is 18.6 Å². The fourth-order valence-electron chi connectivity index (χ4n) is 4.52. The van der Waals surface area contributed by atoms with Crippen molar-refractivity contribution >= 4 is 29.0 Å². The van der Waals surface area contributed by atoms with Gasteiger partial charge in [0.25, 0.3) is 0 Å². The first-order valence-electron chi connectivity index (χ1n) is 12.9. The number of aryl methyl sites for hydroxylation is 1. The number of anilines is 1. The second-order valence-corrected chi connectivity index (χ2v) is 10.3. The van der Waals surface area contributed by atoms with E-state index in [2.05, 4.69) is 15.1 Å². The molecular formula is C30H33N5O4S. The number of hydrogen-bond acceptors (Lipinski definition) is 5. The van der Waals surface area contributed by atoms with Gasteiger partial charge in [0.15, 0.2) is 4.90 Å². The number of nitrogens with zero attached hydrogens (tertiary/aromatic N) is 3. The van der Waals surface area contributed by atoms with E-state index in [4.69, 9.17) is 4.74 Å². The van der Waals surface area contributed by atoms with Crippen LogP contribution >= 0.6 is 0 Å². The van der Waals surface area contributed by atoms with Crippen LogP contribution in [0.3, 0.4) is 0 Å². The number of methoxy groups -OCH3 is 1. The zero-order valence-corrected chi connectivity index (χ0v) is 23.8. The molecule has 0 saturated heterocycles. The lowest BCUT2D eigenvalue weighted by Gasteiger charge is -2.27. The SMILES string of the molecule is CCN(C(=O)[C@H](Cc1ccccc1)NC(=O)N[S+]([O-])c1cccc(-c2ccnn2C)c1C)c1ccc(OC)cc1. The molecule has 0 aliphatic rings. The molecule has 3 amide bonds. The van der Waals surface area contributed by atoms with E-state index in [0.717, 1.165) is 22.4 Å². The normalized spacial score (nSPS) is 12.3. The van der Waals surface area contributed by atoms with Gasteiger partial charge in [-0.3, -0.25) is 9.48 Å². The highest BCUT2D eigenvalue weighted by atomic mass is 32.2. The highest BCUT2D eigenvalue weighted by molar-refractivity contribution is 7.90. The Bertz CT molecular complexity index is 1440. The Morgan fingerprint density at radius 2 is 1.77 bits per heavy atom. The standard InChI is InChI=1S/C30H33N5O4S/c1-5-35(23-14-16-24(39-4)17-15-23)29(36)26(20-22-10-7-6-8-11-22)32-30(37)33-40(38)28-13-9-12-25(21(28)2)27-18-19-31-34(27)3/h6-19,26H,5,20H2,1-4H3,(H2,32,33,37)/t26-,40?/m0/s1. The van der Waals surface area contributed by atoms with Crippen LogP contribution in [0.15, 0.2) is 90.0 Å². The minimum Gasteiger partial charge on any atom is -0.588 e. The predicted molar refractivity (Wildman–Crippen MR) is 156 cm³/mol. The van der Waals surface area contributed by atoms with E-state index >= 15 is 0 Å². The Hall–Kier alpha value is -4.28. The number of urea groups is 1. The highest BCUT2D eigenvalue weighted by Gasteiger charge is 2.29. The third-order valence-corrected chi connectivity index (χ3v) is 7.83. The average molecular weight is 560 g/mol. The quantitative estimate of drug-likeness (QED) is 0.280. The van der Waals surface area contributed by atoms with Crippen molar-refractivity contribution in [3.05, 3.63) is 96.2 Å². The maximum Gasteiger partial charge on any atom is 0.357 e. The van der Waals surface area contributed by atoms with E-state index in [1.165, 1.54) is 0 Å². The molecule has 40 heavy (non-hydrogen) atoms. The lowest BCUT2D eigenvalue weighted by atomic mass is 10.0. The lowest BCUT2D eigenvalue weighted by Crippen LogP contribution is -2.53. The van der Waals surface area contributed by atoms with Crippen molar-refractivity contribution in [2.45, 2.75) is 31.2 Å². The summed E-state index contributed by atoms with van der Waals surface area (Å²) >= 11 is -1.86. The van der Waals surface area contributed by atoms with E-state index in [9.17, 15) is 14.1 Å². The number of ether oxygens (including phenoxy) is 1. The summed E-state index contributed by atoms with van der Waals surface area (Å²) in [6.07, 6.45) is 1.96. The summed E-state index contributed by atoms with van der Waals surface area (Å²) in [7, 11) is 3.41. The number of carbonyl (C=O) groups excluding carboxylic acids is 2. The highest BCUT2D eigenvalue weighted by Crippen LogP contribution is 2.27. The second kappa shape index (κ2) is 13.2. The summed E-state index contributed by atoms with van der Waals surface area (Å²) in [5.41, 5.74) is 4.06. The van der Waals surface area contributed by atoms with E-state index in [0.29, 0.717) is 22.9 Å². The first kappa shape index (κ1) is 28.7. The van der Waals surface area contributed by atoms with Gasteiger partial charge in [0, 0.05) is 43.0 Å². The molecule has 1 heterocycles. The molecule has 0 spiro atoms. The number of amides is 3. The minimum absolute atomic E-state index is 0.265. The fraction of sp³-hybridized carbons (Fsp3) is 0.233. The van der Waals surface area contributed by atoms with Crippen molar-refractivity contribution in [3.63, 3.8) is 0 Å². The zero-order valence-electron chi connectivity index (χ0n) is 23.0. The number of benzene rings is 3. The molecule has 1 aromatic heterocycles. The molecule has 0 bridgehead atoms. The molecule has 2 N–H and O–H groups in total. The van der Waals surface area contributed by atoms with Crippen molar-refractivity contribution in [1.29, 1.82) is 0 Å². The first-order valence-corrected chi connectivity index (χ1v) is 14.0. The van der Waals surface area contributed by atoms with Gasteiger partial charge in [-0.05, 0) is 55.8 Å². The first-order chi connectivity index (χ1) is 19.3. The van der Waals surface area contributed by atoms with Crippen molar-refractivity contribution in [1.82, 2.24) is 19.8 Å². The molecule has 4 aromatic rings. The van der Waals surface area contributed by atoms with Crippen LogP contribution in [-0.4, -0.2) is 46.0 Å². The van der Waals surface area contributed by atoms with Crippen LogP contribution in [0.4, 0.5) is 10.5 Å². The smallest absolute Gasteiger partial charge is 0.357 e. The van der Waals surface area contributed by atoms with Crippen LogP contribution in [0.2, 0.25) is 0 Å². The molecule has 0 fully saturated rings. The molecule has 4 rings (SSSR count). The number of aromatic nitrogens is 2. The Morgan fingerprint density at radius 1 is 1.05 bits per heavy atom. The van der Waals surface area contributed by atoms with Gasteiger partial charge in [-0.15, -0.1) is 4.72 Å². The van der Waals surface area contributed by atoms with Crippen LogP contribution in [0.25, 0.3) is 11.3 Å². The zero-order chi connectivity index (χ0) is 28.6. The summed E-state index contributed by atoms with van der Waals surface area (Å²) < 4.78 is 22.8. The molecule has 0 aliphatic heterocycles. The van der Waals surface area contributed by atoms with E-state index in [1.54, 1.807) is 59.3 Å². The van der Waals surface area contributed by atoms with Gasteiger partial charge in [-0.2, -0.15) is 5.10 Å². The van der Waals surface area contributed by atoms with Crippen molar-refractivity contribution in [2.24, 2.45) is 7.05 Å². The number of nitrogens with one attached hydrogen (secondary N) is 2. The molecule has 3 aromatic carbocycles. The Kier molecular flexibility index (Phi) is 9.47. The Labute approximate surface area is 237 Å². The molecule has 0 saturated carbocycles. The number of carbonyl (C=O) groups is 2. The third-order valence-electron chi connectivity index (χ3n) is 6.62. The van der Waals surface area contributed by atoms with Gasteiger partial charge in [0.2, 0.25) is 5.91 Å². The summed E-state index contributed by atoms with van der Waals surface area (Å²) in [4.78, 5) is 28.9. The van der Waals surface area contributed by atoms with E-state index < -0.39 is 23.4 Å². The summed E-state index contributed by atoms with van der Waals surface area (Å²) in [5, 5.41) is 6.98. The molecule has 9 nitrogen and oxygen atoms in total. The maximum absolute atomic E-state index is 13.8. The summed E-state index contributed by atoms with van der Waals surface area (Å²) in [6, 6.07) is 22.3. The molecule has 208 valence electrons. The van der Waals surface area contributed by atoms with Gasteiger partial charge in [0.05, 0.1) is 12.8 Å². The van der Waals surface area contributed by atoms with Gasteiger partial charge in [0.1, 0.15) is 23.2 Å². The minimum atomic E-state index is -1.86. The monoisotopic (exact) mass is 559 g/mol. The molecule has 0 aliphatic carbocycles. The number of likely N-dealkylation sites (N-methyl/N-ethyl adjacent to an activating group) is 1. The van der Waals surface area contributed by atoms with Crippen LogP contribution in [0, 0.1) is 6.92 Å². The molecule has 1 unspecified atom stereocenters. The fourth-order valence-corrected chi connectivity index (χ4v) is 5.45. The van der Waals surface area contributed by atoms with Crippen molar-refractivity contribution in [3.8, 4) is 17.0 Å². The largest absolute Gasteiger partial charge is 0.588 e. The van der Waals surface area contributed by atoms with Crippen LogP contribution in [0.5, 0.6) is 5.75 Å². The summed E-state index contributed by atoms with van der Waals surface area (Å²) in [6.45, 7) is 4.12. The Morgan fingerprint density at radius 3 is 2.40 bits per heavy atom. The third kappa shape index (κ3) is 6.64. The molecular weight excluding hydrogens is 526 g/mol. The van der Waals surface area contributed by atoms with E-state index in [1.807, 2.05) is 63.4 Å². The predicted octanol–water partition coefficient (Wildman–Crippen LogP) is 4.39.